The van der Waals surface area contributed by atoms with Crippen LogP contribution < -0.4 is 14.2 Å². The lowest BCUT2D eigenvalue weighted by atomic mass is 9.47. The van der Waals surface area contributed by atoms with Crippen molar-refractivity contribution in [2.75, 3.05) is 4.90 Å². The molecule has 0 amide bonds. The van der Waals surface area contributed by atoms with Crippen molar-refractivity contribution >= 4 is 39.4 Å². The molecule has 0 bridgehead atoms. The van der Waals surface area contributed by atoms with E-state index in [0.717, 1.165) is 85.6 Å². The van der Waals surface area contributed by atoms with Crippen LogP contribution in [-0.2, 0) is 11.0 Å². The van der Waals surface area contributed by atoms with Crippen LogP contribution in [0.5, 0.6) is 11.5 Å². The van der Waals surface area contributed by atoms with Gasteiger partial charge in [0.05, 0.1) is 39.3 Å². The molecule has 0 saturated heterocycles. The molecule has 6 heteroatoms. The van der Waals surface area contributed by atoms with Crippen molar-refractivity contribution in [2.45, 2.75) is 62.6 Å². The molecule has 3 aromatic heterocycles. The monoisotopic (exact) mass is 840 g/mol. The van der Waals surface area contributed by atoms with E-state index in [2.05, 4.69) is 197 Å². The first kappa shape index (κ1) is 37.8. The summed E-state index contributed by atoms with van der Waals surface area (Å²) in [5.74, 6) is 1.59. The van der Waals surface area contributed by atoms with Gasteiger partial charge in [-0.05, 0) is 132 Å². The number of nitrogens with zero attached hydrogens (tertiary/aromatic N) is 5. The predicted molar refractivity (Wildman–Crippen MR) is 262 cm³/mol. The number of dihydropyridines is 1. The van der Waals surface area contributed by atoms with Crippen LogP contribution in [0.15, 0.2) is 198 Å². The Hall–Kier alpha value is -7.75. The van der Waals surface area contributed by atoms with Crippen LogP contribution in [0.1, 0.15) is 62.3 Å². The van der Waals surface area contributed by atoms with Gasteiger partial charge in [0.1, 0.15) is 17.5 Å². The van der Waals surface area contributed by atoms with Crippen LogP contribution in [0.3, 0.4) is 0 Å². The third kappa shape index (κ3) is 5.45. The Balaban J connectivity index is 0.923. The lowest BCUT2D eigenvalue weighted by Crippen LogP contribution is -2.75. The molecule has 3 unspecified atom stereocenters. The molecule has 6 nitrogen and oxygen atoms in total. The van der Waals surface area contributed by atoms with Gasteiger partial charge in [-0.2, -0.15) is 4.57 Å². The Morgan fingerprint density at radius 1 is 0.738 bits per heavy atom. The maximum atomic E-state index is 6.99. The van der Waals surface area contributed by atoms with Crippen molar-refractivity contribution in [3.63, 3.8) is 0 Å². The quantitative estimate of drug-likeness (QED) is 0.113. The Labute approximate surface area is 378 Å². The van der Waals surface area contributed by atoms with E-state index in [1.807, 2.05) is 24.6 Å². The van der Waals surface area contributed by atoms with E-state index in [1.54, 1.807) is 0 Å². The number of anilines is 1. The SMILES string of the molecule is CCC12CC[C@]1(CC)[n+]1ccccc1-c1cc(Oc3cc(C4=C=C=C(N5c6ccccc6C6N=CC=CC65)C=C4)cc(-c4ccc(-n5c6ccccc6c6ncccc65)cc4)c3)ccc12. The first-order chi connectivity index (χ1) is 32.1. The van der Waals surface area contributed by atoms with E-state index in [9.17, 15) is 0 Å². The third-order valence-electron chi connectivity index (χ3n) is 15.3. The standard InChI is InChI=1S/C59H46N5O/c1-3-58-30-31-59(58,4-2)62-34-10-9-15-51(62)49-38-45(28-29-50(49)58)65-46-36-41(39-20-24-43(25-21-39)63-52-16-7-5-13-47(52)56-54(63)18-11-32-60-56)35-42(37-46)40-22-26-44(27-23-40)64-53-17-8-6-14-48(53)57-55(64)19-12-33-61-57/h5-22,24-26,28-29,32-38,55,57H,3-4,30-31H2,1-2H3/q+1/t55?,57?,58?,59-/m0/s1. The lowest BCUT2D eigenvalue weighted by molar-refractivity contribution is -0.783. The summed E-state index contributed by atoms with van der Waals surface area (Å²) < 4.78 is 11.9. The number of rotatable bonds is 8. The molecule has 1 saturated carbocycles. The van der Waals surface area contributed by atoms with Gasteiger partial charge in [0.2, 0.25) is 5.69 Å². The molecule has 4 atom stereocenters. The van der Waals surface area contributed by atoms with Crippen molar-refractivity contribution in [1.82, 2.24) is 9.55 Å². The average Bonchev–Trinajstić information content (AvgIpc) is 3.88. The molecular formula is C59H46N5O+. The highest BCUT2D eigenvalue weighted by Gasteiger charge is 2.68. The second-order valence-electron chi connectivity index (χ2n) is 18.0. The van der Waals surface area contributed by atoms with E-state index < -0.39 is 0 Å². The van der Waals surface area contributed by atoms with Crippen LogP contribution in [-0.4, -0.2) is 21.8 Å². The van der Waals surface area contributed by atoms with Gasteiger partial charge in [0, 0.05) is 65.3 Å². The fraction of sp³-hybridized carbons (Fsp3) is 0.169. The normalized spacial score (nSPS) is 21.8. The summed E-state index contributed by atoms with van der Waals surface area (Å²) in [6.07, 6.45) is 19.3. The molecule has 5 aromatic carbocycles. The minimum Gasteiger partial charge on any atom is -0.457 e. The van der Waals surface area contributed by atoms with Gasteiger partial charge in [-0.1, -0.05) is 80.3 Å². The fourth-order valence-corrected chi connectivity index (χ4v) is 12.2. The first-order valence-electron chi connectivity index (χ1n) is 23.0. The molecule has 65 heavy (non-hydrogen) atoms. The summed E-state index contributed by atoms with van der Waals surface area (Å²) in [7, 11) is 0. The summed E-state index contributed by atoms with van der Waals surface area (Å²) in [5.41, 5.74) is 23.1. The second-order valence-corrected chi connectivity index (χ2v) is 18.0. The predicted octanol–water partition coefficient (Wildman–Crippen LogP) is 13.3. The Kier molecular flexibility index (Phi) is 8.36. The highest BCUT2D eigenvalue weighted by Crippen LogP contribution is 2.62. The summed E-state index contributed by atoms with van der Waals surface area (Å²) in [6, 6.07) is 50.2. The minimum atomic E-state index is 0.0600. The van der Waals surface area contributed by atoms with Crippen LogP contribution in [0.25, 0.3) is 55.6 Å². The van der Waals surface area contributed by atoms with Gasteiger partial charge in [-0.25, -0.2) is 0 Å². The van der Waals surface area contributed by atoms with Gasteiger partial charge >= 0.3 is 0 Å². The van der Waals surface area contributed by atoms with Gasteiger partial charge in [-0.15, -0.1) is 0 Å². The minimum absolute atomic E-state index is 0.0600. The largest absolute Gasteiger partial charge is 0.457 e. The van der Waals surface area contributed by atoms with E-state index in [4.69, 9.17) is 14.7 Å². The molecule has 0 radical (unpaired) electrons. The van der Waals surface area contributed by atoms with Crippen LogP contribution in [0.2, 0.25) is 0 Å². The molecule has 0 N–H and O–H groups in total. The topological polar surface area (TPSA) is 46.5 Å². The molecule has 1 fully saturated rings. The number of benzene rings is 5. The zero-order chi connectivity index (χ0) is 43.3. The van der Waals surface area contributed by atoms with Crippen molar-refractivity contribution in [3.8, 4) is 39.6 Å². The maximum Gasteiger partial charge on any atom is 0.213 e. The van der Waals surface area contributed by atoms with Crippen LogP contribution in [0, 0.1) is 0 Å². The summed E-state index contributed by atoms with van der Waals surface area (Å²) in [6.45, 7) is 4.73. The van der Waals surface area contributed by atoms with Crippen molar-refractivity contribution < 1.29 is 9.30 Å². The van der Waals surface area contributed by atoms with E-state index in [1.165, 1.54) is 35.2 Å². The van der Waals surface area contributed by atoms with Crippen molar-refractivity contribution in [1.29, 1.82) is 0 Å². The molecule has 312 valence electrons. The molecule has 3 aliphatic heterocycles. The maximum absolute atomic E-state index is 6.99. The zero-order valence-electron chi connectivity index (χ0n) is 36.4. The Morgan fingerprint density at radius 2 is 1.58 bits per heavy atom. The average molecular weight is 841 g/mol. The molecular weight excluding hydrogens is 795 g/mol. The second kappa shape index (κ2) is 14.4. The van der Waals surface area contributed by atoms with Gasteiger partial charge in [0.25, 0.3) is 0 Å². The Bertz CT molecular complexity index is 3440. The molecule has 0 spiro atoms. The van der Waals surface area contributed by atoms with E-state index in [-0.39, 0.29) is 23.0 Å². The smallest absolute Gasteiger partial charge is 0.213 e. The van der Waals surface area contributed by atoms with E-state index >= 15 is 0 Å². The number of aliphatic imine (C=N–C) groups is 1. The number of aromatic nitrogens is 3. The number of pyridine rings is 2. The van der Waals surface area contributed by atoms with Gasteiger partial charge in [-0.3, -0.25) is 9.98 Å². The number of para-hydroxylation sites is 2. The molecule has 8 aromatic rings. The van der Waals surface area contributed by atoms with Crippen molar-refractivity contribution in [2.24, 2.45) is 4.99 Å². The summed E-state index contributed by atoms with van der Waals surface area (Å²) in [4.78, 5) is 12.0. The third-order valence-corrected chi connectivity index (χ3v) is 15.3. The van der Waals surface area contributed by atoms with E-state index in [0.29, 0.717) is 0 Å². The zero-order valence-corrected chi connectivity index (χ0v) is 36.4. The number of hydrogen-bond acceptors (Lipinski definition) is 4. The van der Waals surface area contributed by atoms with Crippen LogP contribution >= 0.6 is 0 Å². The molecule has 2 aliphatic carbocycles. The fourth-order valence-electron chi connectivity index (χ4n) is 12.2. The molecule has 13 rings (SSSR count). The summed E-state index contributed by atoms with van der Waals surface area (Å²) in [5, 5.41) is 1.14. The number of fused-ring (bicyclic) bond motifs is 12. The molecule has 5 aliphatic rings. The Morgan fingerprint density at radius 3 is 2.43 bits per heavy atom. The summed E-state index contributed by atoms with van der Waals surface area (Å²) >= 11 is 0. The number of allylic oxidation sites excluding steroid dienone is 4. The highest BCUT2D eigenvalue weighted by atomic mass is 16.5. The highest BCUT2D eigenvalue weighted by molar-refractivity contribution is 6.07. The van der Waals surface area contributed by atoms with Crippen molar-refractivity contribution in [3.05, 3.63) is 210 Å². The van der Waals surface area contributed by atoms with Crippen LogP contribution in [0.4, 0.5) is 5.69 Å². The number of hydrogen-bond donors (Lipinski definition) is 0. The van der Waals surface area contributed by atoms with Gasteiger partial charge < -0.3 is 14.2 Å². The van der Waals surface area contributed by atoms with Gasteiger partial charge in [0.15, 0.2) is 11.7 Å². The first-order valence-corrected chi connectivity index (χ1v) is 23.0. The molecule has 6 heterocycles. The lowest BCUT2D eigenvalue weighted by Gasteiger charge is -2.57. The number of ether oxygens (including phenoxy) is 1.